The molecular formula is C14H20N2O4S. The van der Waals surface area contributed by atoms with Crippen LogP contribution in [-0.2, 0) is 15.0 Å². The molecule has 0 bridgehead atoms. The largest absolute Gasteiger partial charge is 0.481 e. The molecule has 0 aliphatic carbocycles. The maximum Gasteiger partial charge on any atom is 0.306 e. The normalized spacial score (nSPS) is 19.3. The number of nitrogens with zero attached hydrogens (tertiary/aromatic N) is 1. The van der Waals surface area contributed by atoms with Crippen molar-refractivity contribution >= 4 is 16.2 Å². The fourth-order valence-corrected chi connectivity index (χ4v) is 3.87. The predicted molar refractivity (Wildman–Crippen MR) is 78.8 cm³/mol. The Balaban J connectivity index is 1.98. The van der Waals surface area contributed by atoms with Crippen LogP contribution in [0.15, 0.2) is 30.3 Å². The molecule has 1 fully saturated rings. The van der Waals surface area contributed by atoms with E-state index in [4.69, 9.17) is 5.11 Å². The molecule has 0 radical (unpaired) electrons. The fraction of sp³-hybridized carbons (Fsp3) is 0.500. The second-order valence-corrected chi connectivity index (χ2v) is 6.97. The minimum Gasteiger partial charge on any atom is -0.481 e. The van der Waals surface area contributed by atoms with Gasteiger partial charge in [-0.05, 0) is 25.3 Å². The highest BCUT2D eigenvalue weighted by atomic mass is 32.2. The van der Waals surface area contributed by atoms with Crippen molar-refractivity contribution < 1.29 is 18.3 Å². The molecule has 0 saturated carbocycles. The summed E-state index contributed by atoms with van der Waals surface area (Å²) in [5.74, 6) is -1.29. The zero-order valence-corrected chi connectivity index (χ0v) is 12.7. The average Bonchev–Trinajstić information content (AvgIpc) is 2.48. The van der Waals surface area contributed by atoms with Gasteiger partial charge in [-0.25, -0.2) is 0 Å². The predicted octanol–water partition coefficient (Wildman–Crippen LogP) is 1.38. The Bertz CT molecular complexity index is 580. The third-order valence-electron chi connectivity index (χ3n) is 3.77. The molecule has 1 aromatic rings. The van der Waals surface area contributed by atoms with E-state index in [9.17, 15) is 13.2 Å². The van der Waals surface area contributed by atoms with Crippen LogP contribution in [-0.4, -0.2) is 36.9 Å². The van der Waals surface area contributed by atoms with Gasteiger partial charge in [0.2, 0.25) is 0 Å². The summed E-state index contributed by atoms with van der Waals surface area (Å²) in [6.45, 7) is 2.28. The smallest absolute Gasteiger partial charge is 0.306 e. The molecular weight excluding hydrogens is 292 g/mol. The first-order chi connectivity index (χ1) is 9.90. The average molecular weight is 312 g/mol. The fourth-order valence-electron chi connectivity index (χ4n) is 2.45. The monoisotopic (exact) mass is 312 g/mol. The second kappa shape index (κ2) is 6.55. The maximum atomic E-state index is 12.3. The van der Waals surface area contributed by atoms with Gasteiger partial charge in [0.25, 0.3) is 10.2 Å². The van der Waals surface area contributed by atoms with Crippen molar-refractivity contribution in [3.8, 4) is 0 Å². The van der Waals surface area contributed by atoms with Crippen LogP contribution in [0.3, 0.4) is 0 Å². The Kier molecular flexibility index (Phi) is 4.97. The van der Waals surface area contributed by atoms with Gasteiger partial charge in [0, 0.05) is 19.1 Å². The third kappa shape index (κ3) is 4.03. The lowest BCUT2D eigenvalue weighted by Gasteiger charge is -2.30. The SMILES string of the molecule is CC(NS(=O)(=O)N1CCC(C(=O)O)CC1)c1ccccc1. The molecule has 1 heterocycles. The van der Waals surface area contributed by atoms with Crippen molar-refractivity contribution in [2.75, 3.05) is 13.1 Å². The maximum absolute atomic E-state index is 12.3. The summed E-state index contributed by atoms with van der Waals surface area (Å²) in [7, 11) is -3.59. The van der Waals surface area contributed by atoms with Crippen molar-refractivity contribution in [2.45, 2.75) is 25.8 Å². The highest BCUT2D eigenvalue weighted by Crippen LogP contribution is 2.21. The number of carboxylic acid groups (broad SMARTS) is 1. The minimum absolute atomic E-state index is 0.244. The van der Waals surface area contributed by atoms with Crippen LogP contribution in [0.4, 0.5) is 0 Å². The Morgan fingerprint density at radius 1 is 1.29 bits per heavy atom. The number of nitrogens with one attached hydrogen (secondary N) is 1. The van der Waals surface area contributed by atoms with E-state index in [1.165, 1.54) is 4.31 Å². The first-order valence-corrected chi connectivity index (χ1v) is 8.39. The van der Waals surface area contributed by atoms with Gasteiger partial charge in [-0.1, -0.05) is 30.3 Å². The summed E-state index contributed by atoms with van der Waals surface area (Å²) in [4.78, 5) is 10.9. The van der Waals surface area contributed by atoms with Crippen LogP contribution in [0.5, 0.6) is 0 Å². The van der Waals surface area contributed by atoms with E-state index in [0.29, 0.717) is 12.8 Å². The molecule has 1 saturated heterocycles. The summed E-state index contributed by atoms with van der Waals surface area (Å²) in [5.41, 5.74) is 0.890. The number of piperidine rings is 1. The van der Waals surface area contributed by atoms with Crippen LogP contribution < -0.4 is 4.72 Å². The number of hydrogen-bond donors (Lipinski definition) is 2. The molecule has 0 spiro atoms. The molecule has 2 rings (SSSR count). The number of hydrogen-bond acceptors (Lipinski definition) is 3. The molecule has 0 amide bonds. The molecule has 21 heavy (non-hydrogen) atoms. The van der Waals surface area contributed by atoms with Crippen molar-refractivity contribution in [3.63, 3.8) is 0 Å². The molecule has 1 aromatic carbocycles. The van der Waals surface area contributed by atoms with E-state index in [-0.39, 0.29) is 19.1 Å². The minimum atomic E-state index is -3.59. The van der Waals surface area contributed by atoms with Crippen molar-refractivity contribution in [2.24, 2.45) is 5.92 Å². The van der Waals surface area contributed by atoms with E-state index >= 15 is 0 Å². The Morgan fingerprint density at radius 2 is 1.86 bits per heavy atom. The van der Waals surface area contributed by atoms with Crippen LogP contribution in [0, 0.1) is 5.92 Å². The number of carboxylic acids is 1. The lowest BCUT2D eigenvalue weighted by Crippen LogP contribution is -2.46. The molecule has 6 nitrogen and oxygen atoms in total. The summed E-state index contributed by atoms with van der Waals surface area (Å²) in [5, 5.41) is 8.94. The Labute approximate surface area is 125 Å². The summed E-state index contributed by atoms with van der Waals surface area (Å²) in [6, 6.07) is 9.00. The highest BCUT2D eigenvalue weighted by molar-refractivity contribution is 7.87. The third-order valence-corrected chi connectivity index (χ3v) is 5.46. The van der Waals surface area contributed by atoms with Gasteiger partial charge < -0.3 is 5.11 Å². The number of aliphatic carboxylic acids is 1. The number of carbonyl (C=O) groups is 1. The van der Waals surface area contributed by atoms with Crippen molar-refractivity contribution in [1.29, 1.82) is 0 Å². The van der Waals surface area contributed by atoms with Crippen molar-refractivity contribution in [3.05, 3.63) is 35.9 Å². The standard InChI is InChI=1S/C14H20N2O4S/c1-11(12-5-3-2-4-6-12)15-21(19,20)16-9-7-13(8-10-16)14(17)18/h2-6,11,13,15H,7-10H2,1H3,(H,17,18). The molecule has 1 aliphatic heterocycles. The molecule has 116 valence electrons. The van der Waals surface area contributed by atoms with Gasteiger partial charge in [0.15, 0.2) is 0 Å². The Morgan fingerprint density at radius 3 is 2.38 bits per heavy atom. The molecule has 1 aliphatic rings. The van der Waals surface area contributed by atoms with Gasteiger partial charge in [0.1, 0.15) is 0 Å². The zero-order chi connectivity index (χ0) is 15.5. The first kappa shape index (κ1) is 15.9. The summed E-state index contributed by atoms with van der Waals surface area (Å²) in [6.07, 6.45) is 0.714. The first-order valence-electron chi connectivity index (χ1n) is 6.95. The summed E-state index contributed by atoms with van der Waals surface area (Å²) < 4.78 is 28.6. The summed E-state index contributed by atoms with van der Waals surface area (Å²) >= 11 is 0. The van der Waals surface area contributed by atoms with Gasteiger partial charge in [-0.3, -0.25) is 4.79 Å². The van der Waals surface area contributed by atoms with Gasteiger partial charge in [-0.15, -0.1) is 0 Å². The topological polar surface area (TPSA) is 86.7 Å². The van der Waals surface area contributed by atoms with Crippen LogP contribution in [0.2, 0.25) is 0 Å². The van der Waals surface area contributed by atoms with Gasteiger partial charge in [0.05, 0.1) is 5.92 Å². The molecule has 7 heteroatoms. The highest BCUT2D eigenvalue weighted by Gasteiger charge is 2.31. The van der Waals surface area contributed by atoms with E-state index in [1.807, 2.05) is 30.3 Å². The molecule has 2 N–H and O–H groups in total. The molecule has 1 atom stereocenters. The lowest BCUT2D eigenvalue weighted by molar-refractivity contribution is -0.142. The van der Waals surface area contributed by atoms with Crippen LogP contribution in [0.25, 0.3) is 0 Å². The molecule has 1 unspecified atom stereocenters. The van der Waals surface area contributed by atoms with Crippen molar-refractivity contribution in [1.82, 2.24) is 9.03 Å². The van der Waals surface area contributed by atoms with Crippen LogP contribution >= 0.6 is 0 Å². The Hall–Kier alpha value is -1.44. The van der Waals surface area contributed by atoms with E-state index < -0.39 is 22.1 Å². The van der Waals surface area contributed by atoms with Gasteiger partial charge in [-0.2, -0.15) is 17.4 Å². The van der Waals surface area contributed by atoms with Crippen LogP contribution in [0.1, 0.15) is 31.4 Å². The van der Waals surface area contributed by atoms with E-state index in [0.717, 1.165) is 5.56 Å². The molecule has 0 aromatic heterocycles. The van der Waals surface area contributed by atoms with Gasteiger partial charge >= 0.3 is 5.97 Å². The quantitative estimate of drug-likeness (QED) is 0.860. The second-order valence-electron chi connectivity index (χ2n) is 5.27. The number of rotatable bonds is 5. The zero-order valence-electron chi connectivity index (χ0n) is 11.9. The van der Waals surface area contributed by atoms with E-state index in [2.05, 4.69) is 4.72 Å². The lowest BCUT2D eigenvalue weighted by atomic mass is 9.99. The van der Waals surface area contributed by atoms with E-state index in [1.54, 1.807) is 6.92 Å². The number of benzene rings is 1.